The van der Waals surface area contributed by atoms with E-state index in [1.807, 2.05) is 26.8 Å². The second-order valence-electron chi connectivity index (χ2n) is 4.45. The number of hydrogen-bond acceptors (Lipinski definition) is 4. The number of hydrogen-bond donors (Lipinski definition) is 2. The number of ether oxygens (including phenoxy) is 1. The summed E-state index contributed by atoms with van der Waals surface area (Å²) in [4.78, 5) is 4.08. The van der Waals surface area contributed by atoms with E-state index in [-0.39, 0.29) is 5.92 Å². The molecule has 2 N–H and O–H groups in total. The third-order valence-electron chi connectivity index (χ3n) is 2.84. The molecule has 0 aliphatic heterocycles. The van der Waals surface area contributed by atoms with Crippen LogP contribution in [0.2, 0.25) is 0 Å². The Hall–Kier alpha value is -1.29. The Kier molecular flexibility index (Phi) is 4.12. The van der Waals surface area contributed by atoms with Crippen LogP contribution in [0.15, 0.2) is 18.3 Å². The molecule has 4 heteroatoms. The topological polar surface area (TPSA) is 54.4 Å². The highest BCUT2D eigenvalue weighted by Gasteiger charge is 2.24. The van der Waals surface area contributed by atoms with Crippen LogP contribution >= 0.6 is 0 Å². The van der Waals surface area contributed by atoms with Crippen molar-refractivity contribution in [3.8, 4) is 5.88 Å². The SMILES string of the molecule is COc1ccc(NCC(C)(O)C(C)C)cn1. The van der Waals surface area contributed by atoms with E-state index in [9.17, 15) is 5.11 Å². The highest BCUT2D eigenvalue weighted by Crippen LogP contribution is 2.18. The largest absolute Gasteiger partial charge is 0.481 e. The van der Waals surface area contributed by atoms with Gasteiger partial charge in [0.2, 0.25) is 5.88 Å². The number of methoxy groups -OCH3 is 1. The summed E-state index contributed by atoms with van der Waals surface area (Å²) in [5.41, 5.74) is 0.154. The number of anilines is 1. The Morgan fingerprint density at radius 1 is 1.50 bits per heavy atom. The fraction of sp³-hybridized carbons (Fsp3) is 0.583. The van der Waals surface area contributed by atoms with Crippen LogP contribution in [0.3, 0.4) is 0 Å². The van der Waals surface area contributed by atoms with Crippen molar-refractivity contribution in [3.05, 3.63) is 18.3 Å². The van der Waals surface area contributed by atoms with E-state index in [1.165, 1.54) is 0 Å². The maximum Gasteiger partial charge on any atom is 0.213 e. The van der Waals surface area contributed by atoms with Gasteiger partial charge >= 0.3 is 0 Å². The van der Waals surface area contributed by atoms with Gasteiger partial charge in [-0.05, 0) is 18.9 Å². The Bertz CT molecular complexity index is 320. The first kappa shape index (κ1) is 12.8. The lowest BCUT2D eigenvalue weighted by Crippen LogP contribution is -2.38. The first-order valence-corrected chi connectivity index (χ1v) is 5.42. The second kappa shape index (κ2) is 5.16. The van der Waals surface area contributed by atoms with Gasteiger partial charge in [0.1, 0.15) is 0 Å². The van der Waals surface area contributed by atoms with Crippen molar-refractivity contribution in [2.45, 2.75) is 26.4 Å². The van der Waals surface area contributed by atoms with Crippen LogP contribution in [0.5, 0.6) is 5.88 Å². The normalized spacial score (nSPS) is 14.6. The smallest absolute Gasteiger partial charge is 0.213 e. The van der Waals surface area contributed by atoms with Crippen molar-refractivity contribution >= 4 is 5.69 Å². The van der Waals surface area contributed by atoms with E-state index in [1.54, 1.807) is 19.4 Å². The van der Waals surface area contributed by atoms with E-state index in [2.05, 4.69) is 10.3 Å². The zero-order chi connectivity index (χ0) is 12.2. The lowest BCUT2D eigenvalue weighted by Gasteiger charge is -2.28. The first-order chi connectivity index (χ1) is 7.45. The van der Waals surface area contributed by atoms with Crippen LogP contribution in [0.4, 0.5) is 5.69 Å². The summed E-state index contributed by atoms with van der Waals surface area (Å²) in [5.74, 6) is 0.785. The molecular formula is C12H20N2O2. The summed E-state index contributed by atoms with van der Waals surface area (Å²) in [7, 11) is 1.58. The van der Waals surface area contributed by atoms with Gasteiger partial charge in [0.05, 0.1) is 24.6 Å². The molecule has 0 amide bonds. The quantitative estimate of drug-likeness (QED) is 0.802. The molecule has 16 heavy (non-hydrogen) atoms. The van der Waals surface area contributed by atoms with Crippen molar-refractivity contribution in [1.29, 1.82) is 0 Å². The molecule has 0 bridgehead atoms. The Labute approximate surface area is 96.7 Å². The van der Waals surface area contributed by atoms with Gasteiger partial charge < -0.3 is 15.2 Å². The molecule has 0 radical (unpaired) electrons. The standard InChI is InChI=1S/C12H20N2O2/c1-9(2)12(3,15)8-14-10-5-6-11(16-4)13-7-10/h5-7,9,14-15H,8H2,1-4H3. The molecule has 0 fully saturated rings. The van der Waals surface area contributed by atoms with Gasteiger partial charge in [0.25, 0.3) is 0 Å². The molecule has 90 valence electrons. The summed E-state index contributed by atoms with van der Waals surface area (Å²) in [5, 5.41) is 13.2. The summed E-state index contributed by atoms with van der Waals surface area (Å²) < 4.78 is 4.96. The van der Waals surface area contributed by atoms with E-state index in [0.717, 1.165) is 5.69 Å². The molecule has 1 unspecified atom stereocenters. The van der Waals surface area contributed by atoms with Gasteiger partial charge in [-0.25, -0.2) is 4.98 Å². The summed E-state index contributed by atoms with van der Waals surface area (Å²) in [6, 6.07) is 3.66. The third kappa shape index (κ3) is 3.38. The minimum atomic E-state index is -0.722. The minimum Gasteiger partial charge on any atom is -0.481 e. The van der Waals surface area contributed by atoms with Crippen LogP contribution in [0.25, 0.3) is 0 Å². The maximum absolute atomic E-state index is 10.0. The van der Waals surface area contributed by atoms with Crippen LogP contribution in [0, 0.1) is 5.92 Å². The molecule has 1 aromatic rings. The number of aliphatic hydroxyl groups is 1. The lowest BCUT2D eigenvalue weighted by atomic mass is 9.92. The molecule has 0 aliphatic carbocycles. The maximum atomic E-state index is 10.0. The number of aromatic nitrogens is 1. The van der Waals surface area contributed by atoms with Crippen molar-refractivity contribution in [3.63, 3.8) is 0 Å². The molecule has 1 aromatic heterocycles. The van der Waals surface area contributed by atoms with Crippen molar-refractivity contribution < 1.29 is 9.84 Å². The number of pyridine rings is 1. The fourth-order valence-electron chi connectivity index (χ4n) is 1.09. The molecule has 0 saturated heterocycles. The predicted octanol–water partition coefficient (Wildman–Crippen LogP) is 1.91. The van der Waals surface area contributed by atoms with Gasteiger partial charge in [0.15, 0.2) is 0 Å². The molecule has 0 saturated carbocycles. The van der Waals surface area contributed by atoms with Crippen LogP contribution in [0.1, 0.15) is 20.8 Å². The van der Waals surface area contributed by atoms with Gasteiger partial charge in [-0.1, -0.05) is 13.8 Å². The molecule has 1 rings (SSSR count). The monoisotopic (exact) mass is 224 g/mol. The highest BCUT2D eigenvalue weighted by molar-refractivity contribution is 5.42. The number of rotatable bonds is 5. The molecule has 4 nitrogen and oxygen atoms in total. The van der Waals surface area contributed by atoms with Gasteiger partial charge in [-0.15, -0.1) is 0 Å². The molecule has 0 spiro atoms. The van der Waals surface area contributed by atoms with E-state index in [4.69, 9.17) is 4.74 Å². The predicted molar refractivity (Wildman–Crippen MR) is 64.7 cm³/mol. The van der Waals surface area contributed by atoms with E-state index < -0.39 is 5.60 Å². The van der Waals surface area contributed by atoms with Gasteiger partial charge in [0, 0.05) is 12.6 Å². The summed E-state index contributed by atoms with van der Waals surface area (Å²) in [6.07, 6.45) is 1.69. The van der Waals surface area contributed by atoms with Crippen molar-refractivity contribution in [2.75, 3.05) is 19.0 Å². The van der Waals surface area contributed by atoms with Crippen LogP contribution in [-0.4, -0.2) is 29.3 Å². The van der Waals surface area contributed by atoms with E-state index in [0.29, 0.717) is 12.4 Å². The fourth-order valence-corrected chi connectivity index (χ4v) is 1.09. The average molecular weight is 224 g/mol. The zero-order valence-corrected chi connectivity index (χ0v) is 10.3. The summed E-state index contributed by atoms with van der Waals surface area (Å²) in [6.45, 7) is 6.31. The van der Waals surface area contributed by atoms with Gasteiger partial charge in [-0.3, -0.25) is 0 Å². The third-order valence-corrected chi connectivity index (χ3v) is 2.84. The second-order valence-corrected chi connectivity index (χ2v) is 4.45. The zero-order valence-electron chi connectivity index (χ0n) is 10.3. The molecular weight excluding hydrogens is 204 g/mol. The van der Waals surface area contributed by atoms with Crippen molar-refractivity contribution in [1.82, 2.24) is 4.98 Å². The van der Waals surface area contributed by atoms with Crippen molar-refractivity contribution in [2.24, 2.45) is 5.92 Å². The lowest BCUT2D eigenvalue weighted by molar-refractivity contribution is 0.0266. The van der Waals surface area contributed by atoms with Crippen LogP contribution in [-0.2, 0) is 0 Å². The summed E-state index contributed by atoms with van der Waals surface area (Å²) >= 11 is 0. The van der Waals surface area contributed by atoms with E-state index >= 15 is 0 Å². The Morgan fingerprint density at radius 2 is 2.19 bits per heavy atom. The average Bonchev–Trinajstić information content (AvgIpc) is 2.27. The number of nitrogens with one attached hydrogen (secondary N) is 1. The Morgan fingerprint density at radius 3 is 2.62 bits per heavy atom. The Balaban J connectivity index is 2.54. The molecule has 0 aromatic carbocycles. The minimum absolute atomic E-state index is 0.200. The first-order valence-electron chi connectivity index (χ1n) is 5.42. The highest BCUT2D eigenvalue weighted by atomic mass is 16.5. The molecule has 1 heterocycles. The van der Waals surface area contributed by atoms with Crippen LogP contribution < -0.4 is 10.1 Å². The number of nitrogens with zero attached hydrogens (tertiary/aromatic N) is 1. The van der Waals surface area contributed by atoms with Gasteiger partial charge in [-0.2, -0.15) is 0 Å². The molecule has 0 aliphatic rings. The molecule has 1 atom stereocenters.